The Hall–Kier alpha value is -1.55. The first-order valence-electron chi connectivity index (χ1n) is 5.70. The van der Waals surface area contributed by atoms with Crippen LogP contribution < -0.4 is 10.1 Å². The van der Waals surface area contributed by atoms with Crippen molar-refractivity contribution in [1.29, 1.82) is 0 Å². The van der Waals surface area contributed by atoms with Crippen molar-refractivity contribution in [2.24, 2.45) is 0 Å². The van der Waals surface area contributed by atoms with Crippen LogP contribution in [0.2, 0.25) is 0 Å². The summed E-state index contributed by atoms with van der Waals surface area (Å²) < 4.78 is 6.86. The van der Waals surface area contributed by atoms with E-state index < -0.39 is 0 Å². The van der Waals surface area contributed by atoms with Crippen LogP contribution in [0.5, 0.6) is 5.75 Å². The summed E-state index contributed by atoms with van der Waals surface area (Å²) in [5.74, 6) is 1.75. The number of benzene rings is 1. The molecule has 0 radical (unpaired) electrons. The Morgan fingerprint density at radius 3 is 2.83 bits per heavy atom. The van der Waals surface area contributed by atoms with Crippen LogP contribution in [0.1, 0.15) is 11.1 Å². The third-order valence-electron chi connectivity index (χ3n) is 2.61. The number of rotatable bonds is 4. The molecule has 18 heavy (non-hydrogen) atoms. The average Bonchev–Trinajstić information content (AvgIpc) is 2.38. The molecular formula is C14H15BrN2O. The fourth-order valence-electron chi connectivity index (χ4n) is 1.64. The first-order chi connectivity index (χ1) is 8.69. The summed E-state index contributed by atoms with van der Waals surface area (Å²) in [5, 5.41) is 3.01. The molecule has 0 atom stereocenters. The Balaban J connectivity index is 2.06. The molecule has 0 bridgehead atoms. The molecule has 0 saturated carbocycles. The van der Waals surface area contributed by atoms with Crippen molar-refractivity contribution in [3.05, 3.63) is 52.1 Å². The summed E-state index contributed by atoms with van der Waals surface area (Å²) >= 11 is 3.44. The summed E-state index contributed by atoms with van der Waals surface area (Å²) in [5.41, 5.74) is 2.21. The zero-order valence-electron chi connectivity index (χ0n) is 10.4. The highest BCUT2D eigenvalue weighted by Crippen LogP contribution is 2.23. The second kappa shape index (κ2) is 5.87. The predicted octanol–water partition coefficient (Wildman–Crippen LogP) is 3.77. The predicted molar refractivity (Wildman–Crippen MR) is 77.0 cm³/mol. The second-order valence-electron chi connectivity index (χ2n) is 4.00. The van der Waals surface area contributed by atoms with E-state index in [4.69, 9.17) is 4.74 Å². The Bertz CT molecular complexity index is 543. The lowest BCUT2D eigenvalue weighted by molar-refractivity contribution is 0.304. The van der Waals surface area contributed by atoms with Gasteiger partial charge in [0.1, 0.15) is 18.2 Å². The number of hydrogen-bond acceptors (Lipinski definition) is 3. The largest absolute Gasteiger partial charge is 0.489 e. The number of aryl methyl sites for hydroxylation is 1. The van der Waals surface area contributed by atoms with Gasteiger partial charge in [-0.1, -0.05) is 15.9 Å². The number of pyridine rings is 1. The van der Waals surface area contributed by atoms with Gasteiger partial charge in [-0.25, -0.2) is 4.98 Å². The van der Waals surface area contributed by atoms with Crippen LogP contribution in [-0.4, -0.2) is 12.0 Å². The summed E-state index contributed by atoms with van der Waals surface area (Å²) in [6, 6.07) is 9.93. The SMILES string of the molecule is CNc1cc(COc2ccc(Br)cc2C)ccn1. The zero-order valence-corrected chi connectivity index (χ0v) is 12.0. The van der Waals surface area contributed by atoms with Crippen molar-refractivity contribution >= 4 is 21.7 Å². The van der Waals surface area contributed by atoms with Crippen LogP contribution >= 0.6 is 15.9 Å². The number of anilines is 1. The fourth-order valence-corrected chi connectivity index (χ4v) is 2.11. The molecule has 1 aromatic heterocycles. The van der Waals surface area contributed by atoms with Gasteiger partial charge < -0.3 is 10.1 Å². The summed E-state index contributed by atoms with van der Waals surface area (Å²) in [4.78, 5) is 4.17. The van der Waals surface area contributed by atoms with Gasteiger partial charge in [-0.05, 0) is 48.4 Å². The number of aromatic nitrogens is 1. The van der Waals surface area contributed by atoms with E-state index in [1.165, 1.54) is 0 Å². The van der Waals surface area contributed by atoms with Crippen LogP contribution in [0.25, 0.3) is 0 Å². The number of hydrogen-bond donors (Lipinski definition) is 1. The van der Waals surface area contributed by atoms with Crippen LogP contribution in [0.3, 0.4) is 0 Å². The van der Waals surface area contributed by atoms with E-state index in [0.717, 1.165) is 27.2 Å². The first kappa shape index (κ1) is 12.9. The molecule has 2 aromatic rings. The molecule has 0 saturated heterocycles. The Morgan fingerprint density at radius 2 is 2.11 bits per heavy atom. The molecular weight excluding hydrogens is 292 g/mol. The third-order valence-corrected chi connectivity index (χ3v) is 3.11. The lowest BCUT2D eigenvalue weighted by Crippen LogP contribution is -1.99. The van der Waals surface area contributed by atoms with Gasteiger partial charge >= 0.3 is 0 Å². The topological polar surface area (TPSA) is 34.1 Å². The molecule has 3 nitrogen and oxygen atoms in total. The van der Waals surface area contributed by atoms with E-state index in [-0.39, 0.29) is 0 Å². The molecule has 1 N–H and O–H groups in total. The highest BCUT2D eigenvalue weighted by Gasteiger charge is 2.01. The Morgan fingerprint density at radius 1 is 1.28 bits per heavy atom. The number of nitrogens with zero attached hydrogens (tertiary/aromatic N) is 1. The molecule has 0 amide bonds. The number of ether oxygens (including phenoxy) is 1. The molecule has 0 unspecified atom stereocenters. The van der Waals surface area contributed by atoms with Gasteiger partial charge in [0.05, 0.1) is 0 Å². The van der Waals surface area contributed by atoms with Crippen molar-refractivity contribution in [1.82, 2.24) is 4.98 Å². The fraction of sp³-hybridized carbons (Fsp3) is 0.214. The monoisotopic (exact) mass is 306 g/mol. The molecule has 0 aliphatic rings. The van der Waals surface area contributed by atoms with Gasteiger partial charge in [-0.15, -0.1) is 0 Å². The molecule has 1 heterocycles. The minimum absolute atomic E-state index is 0.541. The molecule has 0 aliphatic heterocycles. The van der Waals surface area contributed by atoms with Gasteiger partial charge in [-0.3, -0.25) is 0 Å². The van der Waals surface area contributed by atoms with Gasteiger partial charge in [0.25, 0.3) is 0 Å². The van der Waals surface area contributed by atoms with Gasteiger partial charge in [0, 0.05) is 17.7 Å². The zero-order chi connectivity index (χ0) is 13.0. The normalized spacial score (nSPS) is 10.2. The van der Waals surface area contributed by atoms with E-state index >= 15 is 0 Å². The van der Waals surface area contributed by atoms with Gasteiger partial charge in [-0.2, -0.15) is 0 Å². The number of halogens is 1. The van der Waals surface area contributed by atoms with Crippen molar-refractivity contribution < 1.29 is 4.74 Å². The molecule has 1 aromatic carbocycles. The highest BCUT2D eigenvalue weighted by molar-refractivity contribution is 9.10. The van der Waals surface area contributed by atoms with E-state index in [9.17, 15) is 0 Å². The Kier molecular flexibility index (Phi) is 4.20. The third kappa shape index (κ3) is 3.23. The quantitative estimate of drug-likeness (QED) is 0.933. The smallest absolute Gasteiger partial charge is 0.126 e. The van der Waals surface area contributed by atoms with Gasteiger partial charge in [0.2, 0.25) is 0 Å². The Labute approximate surface area is 115 Å². The average molecular weight is 307 g/mol. The van der Waals surface area contributed by atoms with E-state index in [2.05, 4.69) is 26.2 Å². The molecule has 0 fully saturated rings. The van der Waals surface area contributed by atoms with Gasteiger partial charge in [0.15, 0.2) is 0 Å². The summed E-state index contributed by atoms with van der Waals surface area (Å²) in [6.07, 6.45) is 1.78. The van der Waals surface area contributed by atoms with Crippen molar-refractivity contribution in [2.45, 2.75) is 13.5 Å². The lowest BCUT2D eigenvalue weighted by Gasteiger charge is -2.10. The van der Waals surface area contributed by atoms with Crippen LogP contribution in [-0.2, 0) is 6.61 Å². The second-order valence-corrected chi connectivity index (χ2v) is 4.91. The minimum Gasteiger partial charge on any atom is -0.489 e. The maximum Gasteiger partial charge on any atom is 0.126 e. The summed E-state index contributed by atoms with van der Waals surface area (Å²) in [7, 11) is 1.85. The number of nitrogens with one attached hydrogen (secondary N) is 1. The van der Waals surface area contributed by atoms with Crippen molar-refractivity contribution in [2.75, 3.05) is 12.4 Å². The maximum atomic E-state index is 5.80. The van der Waals surface area contributed by atoms with E-state index in [1.54, 1.807) is 6.20 Å². The lowest BCUT2D eigenvalue weighted by atomic mass is 10.2. The van der Waals surface area contributed by atoms with Crippen molar-refractivity contribution in [3.63, 3.8) is 0 Å². The minimum atomic E-state index is 0.541. The molecule has 0 aliphatic carbocycles. The van der Waals surface area contributed by atoms with E-state index in [1.807, 2.05) is 44.3 Å². The molecule has 0 spiro atoms. The molecule has 2 rings (SSSR count). The van der Waals surface area contributed by atoms with Crippen LogP contribution in [0.15, 0.2) is 41.0 Å². The summed E-state index contributed by atoms with van der Waals surface area (Å²) in [6.45, 7) is 2.57. The first-order valence-corrected chi connectivity index (χ1v) is 6.50. The molecule has 94 valence electrons. The van der Waals surface area contributed by atoms with Crippen LogP contribution in [0, 0.1) is 6.92 Å². The van der Waals surface area contributed by atoms with E-state index in [0.29, 0.717) is 6.61 Å². The standard InChI is InChI=1S/C14H15BrN2O/c1-10-7-12(15)3-4-13(10)18-9-11-5-6-17-14(8-11)16-2/h3-8H,9H2,1-2H3,(H,16,17). The van der Waals surface area contributed by atoms with Crippen molar-refractivity contribution in [3.8, 4) is 5.75 Å². The van der Waals surface area contributed by atoms with Crippen LogP contribution in [0.4, 0.5) is 5.82 Å². The maximum absolute atomic E-state index is 5.80. The highest BCUT2D eigenvalue weighted by atomic mass is 79.9. The molecule has 4 heteroatoms.